The van der Waals surface area contributed by atoms with Gasteiger partial charge in [0.15, 0.2) is 0 Å². The van der Waals surface area contributed by atoms with Crippen LogP contribution in [0.2, 0.25) is 0 Å². The highest BCUT2D eigenvalue weighted by Gasteiger charge is 2.24. The van der Waals surface area contributed by atoms with Gasteiger partial charge in [-0.25, -0.2) is 19.9 Å². The Balaban J connectivity index is 1.43. The summed E-state index contributed by atoms with van der Waals surface area (Å²) in [5.74, 6) is 0.901. The molecule has 200 valence electrons. The van der Waals surface area contributed by atoms with E-state index in [2.05, 4.69) is 54.6 Å². The standard InChI is InChI=1S/C31H29N7O2/c1-4-25(39)37-23-10-7-19-5-6-21(15-22(19)16-23)28-26(27-29(32)34-17-35-30(27)38(28)3)20-8-11-24(12-9-20)40-31-33-14-13-18(2)36-31/h4-6,8-9,11-15,17,23H,1,7,10,16H2,2-3H3,(H,37,39)(H2,32,34,35). The number of ether oxygens (including phenoxy) is 1. The Labute approximate surface area is 231 Å². The van der Waals surface area contributed by atoms with Crippen LogP contribution < -0.4 is 15.8 Å². The highest BCUT2D eigenvalue weighted by atomic mass is 16.5. The number of benzene rings is 2. The summed E-state index contributed by atoms with van der Waals surface area (Å²) in [6.45, 7) is 5.47. The number of carbonyl (C=O) groups is 1. The Morgan fingerprint density at radius 3 is 2.67 bits per heavy atom. The van der Waals surface area contributed by atoms with Crippen LogP contribution in [0.15, 0.2) is 73.7 Å². The lowest BCUT2D eigenvalue weighted by Gasteiger charge is -2.26. The highest BCUT2D eigenvalue weighted by molar-refractivity contribution is 6.07. The molecule has 9 nitrogen and oxygen atoms in total. The van der Waals surface area contributed by atoms with Crippen molar-refractivity contribution in [2.75, 3.05) is 5.73 Å². The van der Waals surface area contributed by atoms with Crippen molar-refractivity contribution >= 4 is 22.8 Å². The molecule has 2 aromatic carbocycles. The van der Waals surface area contributed by atoms with Gasteiger partial charge in [-0.1, -0.05) is 30.8 Å². The Kier molecular flexibility index (Phi) is 6.47. The molecule has 0 radical (unpaired) electrons. The number of nitrogens with two attached hydrogens (primary N) is 1. The van der Waals surface area contributed by atoms with Crippen LogP contribution in [-0.4, -0.2) is 36.5 Å². The third-order valence-corrected chi connectivity index (χ3v) is 7.36. The summed E-state index contributed by atoms with van der Waals surface area (Å²) in [4.78, 5) is 29.3. The predicted molar refractivity (Wildman–Crippen MR) is 155 cm³/mol. The first-order valence-corrected chi connectivity index (χ1v) is 13.1. The SMILES string of the molecule is C=CC(=O)NC1CCc2ccc(-c3c(-c4ccc(Oc5nccc(C)n5)cc4)c4c(N)ncnc4n3C)cc2C1. The van der Waals surface area contributed by atoms with Crippen LogP contribution >= 0.6 is 0 Å². The fourth-order valence-corrected chi connectivity index (χ4v) is 5.45. The number of anilines is 1. The summed E-state index contributed by atoms with van der Waals surface area (Å²) in [6, 6.07) is 16.5. The average molecular weight is 532 g/mol. The van der Waals surface area contributed by atoms with Gasteiger partial charge in [0.2, 0.25) is 5.91 Å². The third kappa shape index (κ3) is 4.66. The van der Waals surface area contributed by atoms with Crippen LogP contribution in [0.5, 0.6) is 11.8 Å². The monoisotopic (exact) mass is 531 g/mol. The van der Waals surface area contributed by atoms with E-state index in [1.165, 1.54) is 23.5 Å². The number of aryl methyl sites for hydroxylation is 3. The number of nitrogens with zero attached hydrogens (tertiary/aromatic N) is 5. The molecule has 0 spiro atoms. The van der Waals surface area contributed by atoms with Gasteiger partial charge in [-0.15, -0.1) is 0 Å². The predicted octanol–water partition coefficient (Wildman–Crippen LogP) is 4.93. The maximum absolute atomic E-state index is 11.9. The van der Waals surface area contributed by atoms with Crippen LogP contribution in [0.4, 0.5) is 5.82 Å². The number of aromatic nitrogens is 5. The molecule has 3 heterocycles. The topological polar surface area (TPSA) is 121 Å². The van der Waals surface area contributed by atoms with Crippen LogP contribution in [0.1, 0.15) is 23.2 Å². The lowest BCUT2D eigenvalue weighted by atomic mass is 9.86. The van der Waals surface area contributed by atoms with Crippen molar-refractivity contribution < 1.29 is 9.53 Å². The van der Waals surface area contributed by atoms with Crippen molar-refractivity contribution in [3.63, 3.8) is 0 Å². The first-order valence-electron chi connectivity index (χ1n) is 13.1. The van der Waals surface area contributed by atoms with Gasteiger partial charge in [0.1, 0.15) is 23.5 Å². The molecule has 5 aromatic rings. The number of rotatable bonds is 6. The molecule has 0 bridgehead atoms. The summed E-state index contributed by atoms with van der Waals surface area (Å²) in [6.07, 6.45) is 7.05. The fraction of sp³-hybridized carbons (Fsp3) is 0.194. The maximum Gasteiger partial charge on any atom is 0.322 e. The quantitative estimate of drug-likeness (QED) is 0.298. The molecule has 6 rings (SSSR count). The molecule has 9 heteroatoms. The summed E-state index contributed by atoms with van der Waals surface area (Å²) >= 11 is 0. The van der Waals surface area contributed by atoms with E-state index in [-0.39, 0.29) is 11.9 Å². The molecule has 0 aliphatic heterocycles. The van der Waals surface area contributed by atoms with Crippen molar-refractivity contribution in [3.8, 4) is 34.1 Å². The van der Waals surface area contributed by atoms with Gasteiger partial charge in [-0.3, -0.25) is 4.79 Å². The molecule has 1 unspecified atom stereocenters. The molecule has 0 saturated heterocycles. The summed E-state index contributed by atoms with van der Waals surface area (Å²) in [5.41, 5.74) is 14.5. The number of nitrogens with one attached hydrogen (secondary N) is 1. The minimum Gasteiger partial charge on any atom is -0.424 e. The lowest BCUT2D eigenvalue weighted by molar-refractivity contribution is -0.117. The van der Waals surface area contributed by atoms with Gasteiger partial charge in [0, 0.05) is 30.5 Å². The highest BCUT2D eigenvalue weighted by Crippen LogP contribution is 2.42. The summed E-state index contributed by atoms with van der Waals surface area (Å²) in [7, 11) is 1.99. The Morgan fingerprint density at radius 2 is 1.90 bits per heavy atom. The molecule has 1 amide bonds. The van der Waals surface area contributed by atoms with Gasteiger partial charge in [0.25, 0.3) is 0 Å². The number of nitrogen functional groups attached to an aromatic ring is 1. The van der Waals surface area contributed by atoms with Crippen LogP contribution in [-0.2, 0) is 24.7 Å². The third-order valence-electron chi connectivity index (χ3n) is 7.36. The van der Waals surface area contributed by atoms with E-state index < -0.39 is 0 Å². The number of fused-ring (bicyclic) bond motifs is 2. The molecule has 0 saturated carbocycles. The number of hydrogen-bond acceptors (Lipinski definition) is 7. The number of amides is 1. The zero-order valence-electron chi connectivity index (χ0n) is 22.4. The average Bonchev–Trinajstić information content (AvgIpc) is 3.26. The van der Waals surface area contributed by atoms with Crippen molar-refractivity contribution in [1.82, 2.24) is 29.8 Å². The van der Waals surface area contributed by atoms with Crippen LogP contribution in [0.3, 0.4) is 0 Å². The molecular formula is C31H29N7O2. The largest absolute Gasteiger partial charge is 0.424 e. The fourth-order valence-electron chi connectivity index (χ4n) is 5.45. The van der Waals surface area contributed by atoms with Crippen molar-refractivity contribution in [2.24, 2.45) is 7.05 Å². The molecule has 3 aromatic heterocycles. The summed E-state index contributed by atoms with van der Waals surface area (Å²) < 4.78 is 7.94. The number of carbonyl (C=O) groups excluding carboxylic acids is 1. The second-order valence-electron chi connectivity index (χ2n) is 9.98. The van der Waals surface area contributed by atoms with Crippen molar-refractivity contribution in [3.05, 3.63) is 90.5 Å². The van der Waals surface area contributed by atoms with E-state index in [1.807, 2.05) is 44.3 Å². The van der Waals surface area contributed by atoms with E-state index >= 15 is 0 Å². The molecule has 1 atom stereocenters. The van der Waals surface area contributed by atoms with Crippen molar-refractivity contribution in [1.29, 1.82) is 0 Å². The molecule has 0 fully saturated rings. The smallest absolute Gasteiger partial charge is 0.322 e. The van der Waals surface area contributed by atoms with E-state index in [0.717, 1.165) is 58.4 Å². The molecular weight excluding hydrogens is 502 g/mol. The summed E-state index contributed by atoms with van der Waals surface area (Å²) in [5, 5.41) is 3.85. The van der Waals surface area contributed by atoms with Crippen LogP contribution in [0, 0.1) is 6.92 Å². The Morgan fingerprint density at radius 1 is 1.10 bits per heavy atom. The van der Waals surface area contributed by atoms with E-state index in [1.54, 1.807) is 6.20 Å². The Hall–Kier alpha value is -5.05. The Bertz CT molecular complexity index is 1760. The van der Waals surface area contributed by atoms with Gasteiger partial charge in [0.05, 0.1) is 11.1 Å². The molecule has 1 aliphatic rings. The van der Waals surface area contributed by atoms with Crippen molar-refractivity contribution in [2.45, 2.75) is 32.2 Å². The van der Waals surface area contributed by atoms with E-state index in [4.69, 9.17) is 10.5 Å². The molecule has 3 N–H and O–H groups in total. The zero-order valence-corrected chi connectivity index (χ0v) is 22.4. The first-order chi connectivity index (χ1) is 19.4. The minimum absolute atomic E-state index is 0.0756. The molecule has 1 aliphatic carbocycles. The normalized spacial score (nSPS) is 14.5. The first kappa shape index (κ1) is 25.2. The van der Waals surface area contributed by atoms with E-state index in [9.17, 15) is 4.79 Å². The number of hydrogen-bond donors (Lipinski definition) is 2. The maximum atomic E-state index is 11.9. The van der Waals surface area contributed by atoms with Gasteiger partial charge in [-0.05, 0) is 78.8 Å². The minimum atomic E-state index is -0.143. The van der Waals surface area contributed by atoms with Crippen LogP contribution in [0.25, 0.3) is 33.4 Å². The van der Waals surface area contributed by atoms with Gasteiger partial charge >= 0.3 is 6.01 Å². The zero-order chi connectivity index (χ0) is 27.8. The second kappa shape index (κ2) is 10.3. The van der Waals surface area contributed by atoms with Gasteiger partial charge < -0.3 is 20.4 Å². The van der Waals surface area contributed by atoms with E-state index in [0.29, 0.717) is 17.6 Å². The lowest BCUT2D eigenvalue weighted by Crippen LogP contribution is -2.37. The molecule has 40 heavy (non-hydrogen) atoms. The van der Waals surface area contributed by atoms with Gasteiger partial charge in [-0.2, -0.15) is 0 Å². The second-order valence-corrected chi connectivity index (χ2v) is 9.98.